The summed E-state index contributed by atoms with van der Waals surface area (Å²) in [6.07, 6.45) is 5.79. The lowest BCUT2D eigenvalue weighted by atomic mass is 9.69. The minimum atomic E-state index is -0.395. The molecule has 0 radical (unpaired) electrons. The number of hydrogen-bond acceptors (Lipinski definition) is 2. The molecule has 0 atom stereocenters. The van der Waals surface area contributed by atoms with Crippen LogP contribution in [0.1, 0.15) is 22.3 Å². The van der Waals surface area contributed by atoms with Crippen molar-refractivity contribution in [3.05, 3.63) is 186 Å². The average molecular weight is 610 g/mol. The lowest BCUT2D eigenvalue weighted by Crippen LogP contribution is -2.26. The minimum Gasteiger partial charge on any atom is -0.291 e. The molecule has 0 bridgehead atoms. The molecular weight excluding hydrogens is 583 g/mol. The van der Waals surface area contributed by atoms with Gasteiger partial charge in [0.15, 0.2) is 0 Å². The second-order valence-electron chi connectivity index (χ2n) is 13.0. The van der Waals surface area contributed by atoms with Gasteiger partial charge in [-0.25, -0.2) is 9.97 Å². The van der Waals surface area contributed by atoms with Crippen LogP contribution in [0, 0.1) is 0 Å². The normalized spacial score (nSPS) is 13.6. The van der Waals surface area contributed by atoms with E-state index in [1.807, 2.05) is 22.9 Å². The quantitative estimate of drug-likeness (QED) is 0.195. The molecular formula is C45H27N3. The number of benzene rings is 7. The van der Waals surface area contributed by atoms with Gasteiger partial charge >= 0.3 is 0 Å². The summed E-state index contributed by atoms with van der Waals surface area (Å²) in [5.74, 6) is 0.707. The van der Waals surface area contributed by atoms with Crippen molar-refractivity contribution in [1.82, 2.24) is 14.4 Å². The van der Waals surface area contributed by atoms with Gasteiger partial charge in [0.1, 0.15) is 0 Å². The molecule has 3 heteroatoms. The molecule has 3 nitrogen and oxygen atoms in total. The van der Waals surface area contributed by atoms with Crippen LogP contribution in [0.25, 0.3) is 72.0 Å². The van der Waals surface area contributed by atoms with E-state index < -0.39 is 5.41 Å². The Bertz CT molecular complexity index is 2710. The van der Waals surface area contributed by atoms with E-state index >= 15 is 0 Å². The number of nitrogens with zero attached hydrogens (tertiary/aromatic N) is 3. The largest absolute Gasteiger partial charge is 0.291 e. The molecule has 0 saturated carbocycles. The fraction of sp³-hybridized carbons (Fsp3) is 0.0222. The number of aromatic nitrogens is 3. The SMILES string of the molecule is c1ccc2c(c1)-c1ccccc1C21c2cc3cc(-c4ccc(-c5cn6cccnc6n5)cc4)ccc3cc2-c2ccc3ccccc3c21. The van der Waals surface area contributed by atoms with Gasteiger partial charge in [0.2, 0.25) is 5.78 Å². The topological polar surface area (TPSA) is 30.2 Å². The second kappa shape index (κ2) is 9.37. The summed E-state index contributed by atoms with van der Waals surface area (Å²) < 4.78 is 1.96. The van der Waals surface area contributed by atoms with Gasteiger partial charge in [-0.15, -0.1) is 0 Å². The number of imidazole rings is 1. The highest BCUT2D eigenvalue weighted by Gasteiger charge is 2.52. The van der Waals surface area contributed by atoms with Crippen LogP contribution < -0.4 is 0 Å². The maximum absolute atomic E-state index is 4.71. The van der Waals surface area contributed by atoms with Gasteiger partial charge < -0.3 is 0 Å². The van der Waals surface area contributed by atoms with Crippen molar-refractivity contribution in [1.29, 1.82) is 0 Å². The van der Waals surface area contributed by atoms with Crippen LogP contribution in [0.15, 0.2) is 164 Å². The highest BCUT2D eigenvalue weighted by atomic mass is 15.1. The van der Waals surface area contributed by atoms with Crippen LogP contribution in [0.4, 0.5) is 0 Å². The van der Waals surface area contributed by atoms with Crippen molar-refractivity contribution in [3.8, 4) is 44.6 Å². The molecule has 0 N–H and O–H groups in total. The molecule has 0 aliphatic heterocycles. The summed E-state index contributed by atoms with van der Waals surface area (Å²) in [5.41, 5.74) is 14.8. The Labute approximate surface area is 277 Å². The first-order valence-corrected chi connectivity index (χ1v) is 16.5. The molecule has 48 heavy (non-hydrogen) atoms. The maximum atomic E-state index is 4.71. The number of hydrogen-bond donors (Lipinski definition) is 0. The molecule has 222 valence electrons. The molecule has 0 fully saturated rings. The fourth-order valence-corrected chi connectivity index (χ4v) is 8.64. The van der Waals surface area contributed by atoms with E-state index in [-0.39, 0.29) is 0 Å². The van der Waals surface area contributed by atoms with E-state index in [4.69, 9.17) is 4.98 Å². The smallest absolute Gasteiger partial charge is 0.234 e. The molecule has 9 aromatic rings. The molecule has 7 aromatic carbocycles. The summed E-state index contributed by atoms with van der Waals surface area (Å²) >= 11 is 0. The van der Waals surface area contributed by atoms with Crippen LogP contribution in [0.2, 0.25) is 0 Å². The van der Waals surface area contributed by atoms with Crippen LogP contribution in [-0.2, 0) is 5.41 Å². The third-order valence-corrected chi connectivity index (χ3v) is 10.7. The molecule has 2 aliphatic rings. The Balaban J connectivity index is 1.13. The van der Waals surface area contributed by atoms with Crippen molar-refractivity contribution in [2.75, 3.05) is 0 Å². The van der Waals surface area contributed by atoms with E-state index in [1.54, 1.807) is 6.20 Å². The first kappa shape index (κ1) is 25.8. The zero-order chi connectivity index (χ0) is 31.4. The van der Waals surface area contributed by atoms with Gasteiger partial charge in [0.25, 0.3) is 0 Å². The van der Waals surface area contributed by atoms with E-state index in [0.29, 0.717) is 5.78 Å². The van der Waals surface area contributed by atoms with Crippen molar-refractivity contribution in [3.63, 3.8) is 0 Å². The Morgan fingerprint density at radius 1 is 0.479 bits per heavy atom. The molecule has 2 heterocycles. The third-order valence-electron chi connectivity index (χ3n) is 10.7. The van der Waals surface area contributed by atoms with E-state index in [0.717, 1.165) is 11.3 Å². The van der Waals surface area contributed by atoms with E-state index in [2.05, 4.69) is 145 Å². The van der Waals surface area contributed by atoms with Gasteiger partial charge in [-0.05, 0) is 101 Å². The summed E-state index contributed by atoms with van der Waals surface area (Å²) in [7, 11) is 0. The Morgan fingerprint density at radius 3 is 2.00 bits per heavy atom. The minimum absolute atomic E-state index is 0.395. The maximum Gasteiger partial charge on any atom is 0.234 e. The van der Waals surface area contributed by atoms with Gasteiger partial charge in [0.05, 0.1) is 11.1 Å². The van der Waals surface area contributed by atoms with Gasteiger partial charge in [-0.1, -0.05) is 121 Å². The standard InChI is InChI=1S/C45H27N3/c1-2-9-34-29(8-1)20-21-37-38-25-32-19-18-31(28-14-16-30(17-15-28)42-27-48-23-7-22-46-44(48)47-42)24-33(32)26-41(38)45(43(34)37)39-12-5-3-10-35(39)36-11-4-6-13-40(36)45/h1-27H. The molecule has 11 rings (SSSR count). The Kier molecular flexibility index (Phi) is 5.04. The van der Waals surface area contributed by atoms with Crippen LogP contribution >= 0.6 is 0 Å². The highest BCUT2D eigenvalue weighted by Crippen LogP contribution is 2.64. The molecule has 0 saturated heterocycles. The first-order valence-electron chi connectivity index (χ1n) is 16.5. The van der Waals surface area contributed by atoms with Gasteiger partial charge in [-0.2, -0.15) is 0 Å². The summed E-state index contributed by atoms with van der Waals surface area (Å²) in [6, 6.07) is 54.1. The Hall–Kier alpha value is -6.32. The van der Waals surface area contributed by atoms with E-state index in [1.165, 1.54) is 77.2 Å². The van der Waals surface area contributed by atoms with Crippen molar-refractivity contribution in [2.24, 2.45) is 0 Å². The summed E-state index contributed by atoms with van der Waals surface area (Å²) in [6.45, 7) is 0. The molecule has 2 aromatic heterocycles. The van der Waals surface area contributed by atoms with Gasteiger partial charge in [0, 0.05) is 24.2 Å². The van der Waals surface area contributed by atoms with Gasteiger partial charge in [-0.3, -0.25) is 4.40 Å². The fourth-order valence-electron chi connectivity index (χ4n) is 8.64. The van der Waals surface area contributed by atoms with Crippen molar-refractivity contribution >= 4 is 27.3 Å². The molecule has 2 aliphatic carbocycles. The number of rotatable bonds is 2. The molecule has 0 unspecified atom stereocenters. The van der Waals surface area contributed by atoms with Crippen LogP contribution in [0.5, 0.6) is 0 Å². The average Bonchev–Trinajstić information content (AvgIpc) is 3.81. The predicted octanol–water partition coefficient (Wildman–Crippen LogP) is 10.7. The van der Waals surface area contributed by atoms with Crippen molar-refractivity contribution < 1.29 is 0 Å². The number of fused-ring (bicyclic) bond motifs is 14. The highest BCUT2D eigenvalue weighted by molar-refractivity contribution is 6.06. The Morgan fingerprint density at radius 2 is 1.19 bits per heavy atom. The van der Waals surface area contributed by atoms with Crippen molar-refractivity contribution in [2.45, 2.75) is 5.41 Å². The third kappa shape index (κ3) is 3.32. The first-order chi connectivity index (χ1) is 23.8. The van der Waals surface area contributed by atoms with Crippen LogP contribution in [-0.4, -0.2) is 14.4 Å². The predicted molar refractivity (Wildman–Crippen MR) is 195 cm³/mol. The molecule has 1 spiro atoms. The summed E-state index contributed by atoms with van der Waals surface area (Å²) in [5, 5.41) is 5.10. The molecule has 0 amide bonds. The second-order valence-corrected chi connectivity index (χ2v) is 13.0. The lowest BCUT2D eigenvalue weighted by Gasteiger charge is -2.31. The zero-order valence-corrected chi connectivity index (χ0v) is 25.9. The zero-order valence-electron chi connectivity index (χ0n) is 25.9. The van der Waals surface area contributed by atoms with Crippen LogP contribution in [0.3, 0.4) is 0 Å². The summed E-state index contributed by atoms with van der Waals surface area (Å²) in [4.78, 5) is 9.09. The monoisotopic (exact) mass is 609 g/mol. The van der Waals surface area contributed by atoms with E-state index in [9.17, 15) is 0 Å². The lowest BCUT2D eigenvalue weighted by molar-refractivity contribution is 0.802.